The van der Waals surface area contributed by atoms with E-state index in [1.54, 1.807) is 0 Å². The summed E-state index contributed by atoms with van der Waals surface area (Å²) >= 11 is 0. The average Bonchev–Trinajstić information content (AvgIpc) is 2.66. The Bertz CT molecular complexity index is 814. The molecule has 2 aliphatic rings. The first-order chi connectivity index (χ1) is 12.6. The Morgan fingerprint density at radius 2 is 1.88 bits per heavy atom. The maximum absolute atomic E-state index is 12.7. The number of amides is 1. The second-order valence-electron chi connectivity index (χ2n) is 8.00. The van der Waals surface area contributed by atoms with E-state index in [9.17, 15) is 4.79 Å². The summed E-state index contributed by atoms with van der Waals surface area (Å²) in [6.45, 7) is 3.85. The number of nitrogens with zero attached hydrogens (tertiary/aromatic N) is 1. The summed E-state index contributed by atoms with van der Waals surface area (Å²) in [4.78, 5) is 15.1. The lowest BCUT2D eigenvalue weighted by atomic mass is 9.83. The second kappa shape index (κ2) is 7.24. The van der Waals surface area contributed by atoms with Gasteiger partial charge in [-0.3, -0.25) is 9.69 Å². The summed E-state index contributed by atoms with van der Waals surface area (Å²) in [6.07, 6.45) is 3.88. The van der Waals surface area contributed by atoms with E-state index in [2.05, 4.69) is 66.7 Å². The Kier molecular flexibility index (Phi) is 4.82. The van der Waals surface area contributed by atoms with Crippen molar-refractivity contribution in [1.82, 2.24) is 10.2 Å². The summed E-state index contributed by atoms with van der Waals surface area (Å²) in [5.41, 5.74) is 6.93. The molecule has 0 unspecified atom stereocenters. The zero-order valence-corrected chi connectivity index (χ0v) is 15.8. The van der Waals surface area contributed by atoms with Gasteiger partial charge < -0.3 is 5.32 Å². The molecule has 2 aromatic rings. The first kappa shape index (κ1) is 17.3. The van der Waals surface area contributed by atoms with Gasteiger partial charge in [0.2, 0.25) is 5.91 Å². The zero-order chi connectivity index (χ0) is 18.1. The van der Waals surface area contributed by atoms with E-state index in [1.807, 2.05) is 0 Å². The van der Waals surface area contributed by atoms with Crippen LogP contribution in [0.4, 0.5) is 0 Å². The maximum Gasteiger partial charge on any atom is 0.223 e. The first-order valence-corrected chi connectivity index (χ1v) is 9.73. The van der Waals surface area contributed by atoms with Crippen molar-refractivity contribution in [3.8, 4) is 0 Å². The van der Waals surface area contributed by atoms with Crippen molar-refractivity contribution in [2.45, 2.75) is 45.2 Å². The predicted octanol–water partition coefficient (Wildman–Crippen LogP) is 3.27. The van der Waals surface area contributed by atoms with Gasteiger partial charge in [-0.05, 0) is 61.9 Å². The topological polar surface area (TPSA) is 32.3 Å². The van der Waals surface area contributed by atoms with Crippen LogP contribution in [0.5, 0.6) is 0 Å². The molecular weight excluding hydrogens is 320 g/mol. The quantitative estimate of drug-likeness (QED) is 0.923. The van der Waals surface area contributed by atoms with Crippen molar-refractivity contribution in [1.29, 1.82) is 0 Å². The van der Waals surface area contributed by atoms with E-state index in [1.165, 1.54) is 27.8 Å². The number of hydrogen-bond acceptors (Lipinski definition) is 2. The number of hydrogen-bond donors (Lipinski definition) is 1. The number of carbonyl (C=O) groups excluding carboxylic acids is 1. The van der Waals surface area contributed by atoms with Crippen LogP contribution in [0.3, 0.4) is 0 Å². The molecule has 0 bridgehead atoms. The van der Waals surface area contributed by atoms with Gasteiger partial charge in [0.05, 0.1) is 0 Å². The largest absolute Gasteiger partial charge is 0.354 e. The average molecular weight is 348 g/mol. The zero-order valence-electron chi connectivity index (χ0n) is 15.8. The molecule has 1 N–H and O–H groups in total. The number of nitrogens with one attached hydrogen (secondary N) is 1. The van der Waals surface area contributed by atoms with Gasteiger partial charge in [0.15, 0.2) is 0 Å². The van der Waals surface area contributed by atoms with Gasteiger partial charge in [0.1, 0.15) is 0 Å². The molecule has 1 aliphatic carbocycles. The Hall–Kier alpha value is -2.13. The van der Waals surface area contributed by atoms with Gasteiger partial charge in [-0.2, -0.15) is 0 Å². The van der Waals surface area contributed by atoms with E-state index in [4.69, 9.17) is 0 Å². The SMILES string of the molecule is Cc1ccc2c(c1)C[C@@H](CNC(=O)[C@H]1CCc3ccccc3C1)N(C)C2. The van der Waals surface area contributed by atoms with Gasteiger partial charge in [0.25, 0.3) is 0 Å². The van der Waals surface area contributed by atoms with Crippen molar-refractivity contribution in [2.75, 3.05) is 13.6 Å². The van der Waals surface area contributed by atoms with Gasteiger partial charge in [-0.25, -0.2) is 0 Å². The molecule has 26 heavy (non-hydrogen) atoms. The molecule has 2 atom stereocenters. The van der Waals surface area contributed by atoms with Gasteiger partial charge in [-0.1, -0.05) is 48.0 Å². The normalized spacial score (nSPS) is 22.4. The number of aryl methyl sites for hydroxylation is 2. The van der Waals surface area contributed by atoms with Crippen LogP contribution >= 0.6 is 0 Å². The molecule has 3 heteroatoms. The fourth-order valence-electron chi connectivity index (χ4n) is 4.42. The molecule has 0 spiro atoms. The minimum Gasteiger partial charge on any atom is -0.354 e. The van der Waals surface area contributed by atoms with E-state index >= 15 is 0 Å². The van der Waals surface area contributed by atoms with Crippen molar-refractivity contribution in [3.63, 3.8) is 0 Å². The summed E-state index contributed by atoms with van der Waals surface area (Å²) in [7, 11) is 2.16. The van der Waals surface area contributed by atoms with Crippen LogP contribution in [0.25, 0.3) is 0 Å². The number of benzene rings is 2. The molecule has 0 radical (unpaired) electrons. The van der Waals surface area contributed by atoms with E-state index in [0.29, 0.717) is 6.04 Å². The minimum atomic E-state index is 0.119. The highest BCUT2D eigenvalue weighted by Crippen LogP contribution is 2.26. The molecule has 0 saturated carbocycles. The van der Waals surface area contributed by atoms with Crippen molar-refractivity contribution in [2.24, 2.45) is 5.92 Å². The lowest BCUT2D eigenvalue weighted by Crippen LogP contribution is -2.47. The molecule has 1 aliphatic heterocycles. The predicted molar refractivity (Wildman–Crippen MR) is 105 cm³/mol. The number of likely N-dealkylation sites (N-methyl/N-ethyl adjacent to an activating group) is 1. The van der Waals surface area contributed by atoms with Crippen LogP contribution in [-0.2, 0) is 30.6 Å². The lowest BCUT2D eigenvalue weighted by Gasteiger charge is -2.35. The second-order valence-corrected chi connectivity index (χ2v) is 8.00. The fraction of sp³-hybridized carbons (Fsp3) is 0.435. The fourth-order valence-corrected chi connectivity index (χ4v) is 4.42. The van der Waals surface area contributed by atoms with Crippen LogP contribution in [0, 0.1) is 12.8 Å². The summed E-state index contributed by atoms with van der Waals surface area (Å²) in [5, 5.41) is 3.25. The third-order valence-corrected chi connectivity index (χ3v) is 6.09. The Morgan fingerprint density at radius 3 is 2.73 bits per heavy atom. The minimum absolute atomic E-state index is 0.119. The molecule has 1 amide bonds. The lowest BCUT2D eigenvalue weighted by molar-refractivity contribution is -0.125. The summed E-state index contributed by atoms with van der Waals surface area (Å²) < 4.78 is 0. The highest BCUT2D eigenvalue weighted by molar-refractivity contribution is 5.79. The van der Waals surface area contributed by atoms with Crippen LogP contribution in [-0.4, -0.2) is 30.4 Å². The molecule has 136 valence electrons. The van der Waals surface area contributed by atoms with Crippen LogP contribution in [0.2, 0.25) is 0 Å². The third kappa shape index (κ3) is 3.54. The van der Waals surface area contributed by atoms with Gasteiger partial charge >= 0.3 is 0 Å². The molecular formula is C23H28N2O. The molecule has 0 saturated heterocycles. The van der Waals surface area contributed by atoms with Crippen molar-refractivity contribution in [3.05, 3.63) is 70.3 Å². The monoisotopic (exact) mass is 348 g/mol. The highest BCUT2D eigenvalue weighted by atomic mass is 16.1. The molecule has 4 rings (SSSR count). The molecule has 2 aromatic carbocycles. The summed E-state index contributed by atoms with van der Waals surface area (Å²) in [6, 6.07) is 15.7. The summed E-state index contributed by atoms with van der Waals surface area (Å²) in [5.74, 6) is 0.344. The van der Waals surface area contributed by atoms with E-state index < -0.39 is 0 Å². The van der Waals surface area contributed by atoms with Gasteiger partial charge in [-0.15, -0.1) is 0 Å². The molecule has 0 aromatic heterocycles. The van der Waals surface area contributed by atoms with Gasteiger partial charge in [0, 0.05) is 25.0 Å². The molecule has 3 nitrogen and oxygen atoms in total. The number of rotatable bonds is 3. The smallest absolute Gasteiger partial charge is 0.223 e. The number of fused-ring (bicyclic) bond motifs is 2. The third-order valence-electron chi connectivity index (χ3n) is 6.09. The highest BCUT2D eigenvalue weighted by Gasteiger charge is 2.27. The van der Waals surface area contributed by atoms with Crippen LogP contribution in [0.15, 0.2) is 42.5 Å². The number of carbonyl (C=O) groups is 1. The Morgan fingerprint density at radius 1 is 1.08 bits per heavy atom. The Labute approximate surface area is 156 Å². The van der Waals surface area contributed by atoms with Crippen LogP contribution < -0.4 is 5.32 Å². The van der Waals surface area contributed by atoms with Crippen molar-refractivity contribution < 1.29 is 4.79 Å². The van der Waals surface area contributed by atoms with E-state index in [0.717, 1.165) is 38.8 Å². The maximum atomic E-state index is 12.7. The van der Waals surface area contributed by atoms with Crippen molar-refractivity contribution >= 4 is 5.91 Å². The Balaban J connectivity index is 1.36. The van der Waals surface area contributed by atoms with Crippen LogP contribution in [0.1, 0.15) is 34.2 Å². The van der Waals surface area contributed by atoms with E-state index in [-0.39, 0.29) is 11.8 Å². The standard InChI is InChI=1S/C23H28N2O/c1-16-7-8-20-15-25(2)22(13-21(20)11-16)14-24-23(26)19-10-9-17-5-3-4-6-18(17)12-19/h3-8,11,19,22H,9-10,12-15H2,1-2H3,(H,24,26)/t19-,22-/m0/s1. The molecule has 1 heterocycles. The molecule has 0 fully saturated rings. The first-order valence-electron chi connectivity index (χ1n) is 9.73.